The van der Waals surface area contributed by atoms with Gasteiger partial charge in [-0.05, 0) is 60.5 Å². The zero-order chi connectivity index (χ0) is 22.0. The van der Waals surface area contributed by atoms with Crippen LogP contribution in [0, 0.1) is 12.7 Å². The number of methoxy groups -OCH3 is 2. The summed E-state index contributed by atoms with van der Waals surface area (Å²) in [5.41, 5.74) is 3.75. The molecule has 2 heterocycles. The van der Waals surface area contributed by atoms with Gasteiger partial charge in [-0.1, -0.05) is 11.2 Å². The highest BCUT2D eigenvalue weighted by Gasteiger charge is 2.17. The molecule has 4 aromatic rings. The molecule has 0 aliphatic rings. The Morgan fingerprint density at radius 1 is 1.03 bits per heavy atom. The summed E-state index contributed by atoms with van der Waals surface area (Å²) in [7, 11) is 2.77. The van der Waals surface area contributed by atoms with Crippen molar-refractivity contribution in [2.75, 3.05) is 14.2 Å². The number of carbonyl (C=O) groups excluding carboxylic acids is 1. The second kappa shape index (κ2) is 8.35. The number of aromatic nitrogens is 3. The monoisotopic (exact) mass is 419 g/mol. The number of carbonyl (C=O) groups is 1. The Bertz CT molecular complexity index is 1270. The molecule has 0 atom stereocenters. The van der Waals surface area contributed by atoms with Crippen LogP contribution in [0.5, 0.6) is 5.88 Å². The smallest absolute Gasteiger partial charge is 0.340 e. The third kappa shape index (κ3) is 3.87. The number of aryl methyl sites for hydroxylation is 1. The third-order valence-corrected chi connectivity index (χ3v) is 4.79. The Balaban J connectivity index is 1.65. The maximum Gasteiger partial charge on any atom is 0.340 e. The standard InChI is InChI=1S/C23H18FN3O4/c1-13-11-15(7-8-16(13)17-5-4-10-25-22(17)29-2)21-26-20(27-31-21)14-6-9-18(19(24)12-14)23(28)30-3/h4-12H,1-3H3. The lowest BCUT2D eigenvalue weighted by Crippen LogP contribution is -2.04. The summed E-state index contributed by atoms with van der Waals surface area (Å²) >= 11 is 0. The van der Waals surface area contributed by atoms with Crippen LogP contribution < -0.4 is 4.74 Å². The lowest BCUT2D eigenvalue weighted by Gasteiger charge is -2.10. The van der Waals surface area contributed by atoms with Crippen molar-refractivity contribution in [3.8, 4) is 39.8 Å². The maximum absolute atomic E-state index is 14.2. The van der Waals surface area contributed by atoms with E-state index in [1.54, 1.807) is 13.3 Å². The van der Waals surface area contributed by atoms with Gasteiger partial charge in [-0.25, -0.2) is 14.2 Å². The molecule has 0 spiro atoms. The predicted molar refractivity (Wildman–Crippen MR) is 111 cm³/mol. The van der Waals surface area contributed by atoms with Gasteiger partial charge in [0.2, 0.25) is 11.7 Å². The quantitative estimate of drug-likeness (QED) is 0.433. The molecule has 0 aliphatic heterocycles. The highest BCUT2D eigenvalue weighted by Crippen LogP contribution is 2.33. The van der Waals surface area contributed by atoms with Crippen LogP contribution in [0.1, 0.15) is 15.9 Å². The molecule has 7 nitrogen and oxygen atoms in total. The van der Waals surface area contributed by atoms with Gasteiger partial charge in [-0.3, -0.25) is 0 Å². The van der Waals surface area contributed by atoms with Gasteiger partial charge in [-0.2, -0.15) is 4.98 Å². The summed E-state index contributed by atoms with van der Waals surface area (Å²) in [5, 5.41) is 3.94. The van der Waals surface area contributed by atoms with E-state index in [1.807, 2.05) is 37.3 Å². The molecular formula is C23H18FN3O4. The minimum atomic E-state index is -0.751. The SMILES string of the molecule is COC(=O)c1ccc(-c2noc(-c3ccc(-c4cccnc4OC)c(C)c3)n2)cc1F. The van der Waals surface area contributed by atoms with Crippen molar-refractivity contribution in [2.45, 2.75) is 6.92 Å². The summed E-state index contributed by atoms with van der Waals surface area (Å²) in [6.45, 7) is 1.96. The molecule has 2 aromatic heterocycles. The minimum absolute atomic E-state index is 0.160. The first-order valence-electron chi connectivity index (χ1n) is 9.34. The summed E-state index contributed by atoms with van der Waals surface area (Å²) in [6, 6.07) is 13.5. The summed E-state index contributed by atoms with van der Waals surface area (Å²) < 4.78 is 29.5. The Kier molecular flexibility index (Phi) is 5.44. The number of rotatable bonds is 5. The number of hydrogen-bond acceptors (Lipinski definition) is 7. The normalized spacial score (nSPS) is 10.7. The number of halogens is 1. The van der Waals surface area contributed by atoms with Crippen molar-refractivity contribution >= 4 is 5.97 Å². The molecule has 2 aromatic carbocycles. The maximum atomic E-state index is 14.2. The Labute approximate surface area is 177 Å². The van der Waals surface area contributed by atoms with E-state index in [9.17, 15) is 9.18 Å². The molecule has 0 saturated carbocycles. The second-order valence-corrected chi connectivity index (χ2v) is 6.70. The van der Waals surface area contributed by atoms with Crippen LogP contribution in [0.4, 0.5) is 4.39 Å². The van der Waals surface area contributed by atoms with Crippen molar-refractivity contribution in [3.05, 3.63) is 71.7 Å². The summed E-state index contributed by atoms with van der Waals surface area (Å²) in [6.07, 6.45) is 1.67. The lowest BCUT2D eigenvalue weighted by atomic mass is 9.99. The van der Waals surface area contributed by atoms with Crippen LogP contribution in [0.15, 0.2) is 59.3 Å². The Morgan fingerprint density at radius 2 is 1.84 bits per heavy atom. The highest BCUT2D eigenvalue weighted by atomic mass is 19.1. The van der Waals surface area contributed by atoms with E-state index >= 15 is 0 Å². The molecule has 8 heteroatoms. The van der Waals surface area contributed by atoms with Gasteiger partial charge >= 0.3 is 5.97 Å². The molecule has 0 fully saturated rings. The van der Waals surface area contributed by atoms with E-state index in [0.29, 0.717) is 17.3 Å². The van der Waals surface area contributed by atoms with Crippen molar-refractivity contribution in [2.24, 2.45) is 0 Å². The van der Waals surface area contributed by atoms with Crippen LogP contribution >= 0.6 is 0 Å². The van der Waals surface area contributed by atoms with Crippen molar-refractivity contribution < 1.29 is 23.2 Å². The predicted octanol–water partition coefficient (Wildman–Crippen LogP) is 4.71. The molecule has 156 valence electrons. The van der Waals surface area contributed by atoms with E-state index in [2.05, 4.69) is 19.9 Å². The largest absolute Gasteiger partial charge is 0.481 e. The second-order valence-electron chi connectivity index (χ2n) is 6.70. The van der Waals surface area contributed by atoms with Crippen LogP contribution in [0.2, 0.25) is 0 Å². The number of benzene rings is 2. The van der Waals surface area contributed by atoms with Gasteiger partial charge < -0.3 is 14.0 Å². The van der Waals surface area contributed by atoms with Crippen molar-refractivity contribution in [1.82, 2.24) is 15.1 Å². The molecule has 0 aliphatic carbocycles. The number of nitrogens with zero attached hydrogens (tertiary/aromatic N) is 3. The number of esters is 1. The van der Waals surface area contributed by atoms with Gasteiger partial charge in [0.05, 0.1) is 19.8 Å². The molecular weight excluding hydrogens is 401 g/mol. The molecule has 31 heavy (non-hydrogen) atoms. The first kappa shape index (κ1) is 20.2. The lowest BCUT2D eigenvalue weighted by molar-refractivity contribution is 0.0595. The topological polar surface area (TPSA) is 87.3 Å². The van der Waals surface area contributed by atoms with E-state index < -0.39 is 11.8 Å². The molecule has 0 amide bonds. The average molecular weight is 419 g/mol. The highest BCUT2D eigenvalue weighted by molar-refractivity contribution is 5.90. The van der Waals surface area contributed by atoms with Crippen LogP contribution in [-0.4, -0.2) is 35.3 Å². The molecule has 0 bridgehead atoms. The van der Waals surface area contributed by atoms with Crippen LogP contribution in [0.3, 0.4) is 0 Å². The van der Waals surface area contributed by atoms with Crippen LogP contribution in [0.25, 0.3) is 34.0 Å². The zero-order valence-electron chi connectivity index (χ0n) is 17.0. The van der Waals surface area contributed by atoms with Crippen LogP contribution in [-0.2, 0) is 4.74 Å². The molecule has 0 N–H and O–H groups in total. The zero-order valence-corrected chi connectivity index (χ0v) is 17.0. The Morgan fingerprint density at radius 3 is 2.55 bits per heavy atom. The molecule has 0 radical (unpaired) electrons. The van der Waals surface area contributed by atoms with E-state index in [0.717, 1.165) is 22.3 Å². The van der Waals surface area contributed by atoms with Gasteiger partial charge in [-0.15, -0.1) is 0 Å². The van der Waals surface area contributed by atoms with E-state index in [4.69, 9.17) is 9.26 Å². The first-order chi connectivity index (χ1) is 15.0. The fourth-order valence-electron chi connectivity index (χ4n) is 3.25. The molecule has 0 saturated heterocycles. The number of pyridine rings is 1. The Hall–Kier alpha value is -4.07. The summed E-state index contributed by atoms with van der Waals surface area (Å²) in [4.78, 5) is 20.2. The van der Waals surface area contributed by atoms with E-state index in [-0.39, 0.29) is 11.4 Å². The third-order valence-electron chi connectivity index (χ3n) is 4.79. The molecule has 0 unspecified atom stereocenters. The van der Waals surface area contributed by atoms with Crippen molar-refractivity contribution in [3.63, 3.8) is 0 Å². The first-order valence-corrected chi connectivity index (χ1v) is 9.34. The van der Waals surface area contributed by atoms with Gasteiger partial charge in [0.1, 0.15) is 5.82 Å². The average Bonchev–Trinajstić information content (AvgIpc) is 3.29. The minimum Gasteiger partial charge on any atom is -0.481 e. The van der Waals surface area contributed by atoms with E-state index in [1.165, 1.54) is 25.3 Å². The fourth-order valence-corrected chi connectivity index (χ4v) is 3.25. The summed E-state index contributed by atoms with van der Waals surface area (Å²) in [5.74, 6) is -0.433. The van der Waals surface area contributed by atoms with Crippen molar-refractivity contribution in [1.29, 1.82) is 0 Å². The number of hydrogen-bond donors (Lipinski definition) is 0. The van der Waals surface area contributed by atoms with Gasteiger partial charge in [0.15, 0.2) is 0 Å². The molecule has 4 rings (SSSR count). The van der Waals surface area contributed by atoms with Gasteiger partial charge in [0.25, 0.3) is 5.89 Å². The number of ether oxygens (including phenoxy) is 2. The van der Waals surface area contributed by atoms with Gasteiger partial charge in [0, 0.05) is 22.9 Å². The fraction of sp³-hybridized carbons (Fsp3) is 0.130.